The van der Waals surface area contributed by atoms with E-state index in [0.717, 1.165) is 16.7 Å². The van der Waals surface area contributed by atoms with Crippen molar-refractivity contribution in [3.63, 3.8) is 0 Å². The van der Waals surface area contributed by atoms with Gasteiger partial charge in [-0.25, -0.2) is 0 Å². The van der Waals surface area contributed by atoms with E-state index < -0.39 is 6.10 Å². The fourth-order valence-electron chi connectivity index (χ4n) is 1.94. The fourth-order valence-corrected chi connectivity index (χ4v) is 1.94. The lowest BCUT2D eigenvalue weighted by Gasteiger charge is -2.13. The molecule has 0 radical (unpaired) electrons. The second-order valence-corrected chi connectivity index (χ2v) is 4.21. The Morgan fingerprint density at radius 1 is 1.25 bits per heavy atom. The number of aryl methyl sites for hydroxylation is 2. The molecular weight excluding hydrogens is 200 g/mol. The summed E-state index contributed by atoms with van der Waals surface area (Å²) < 4.78 is 4.99. The van der Waals surface area contributed by atoms with Crippen LogP contribution in [-0.2, 0) is 6.42 Å². The number of benzene rings is 1. The van der Waals surface area contributed by atoms with Gasteiger partial charge < -0.3 is 9.52 Å². The maximum atomic E-state index is 10.1. The van der Waals surface area contributed by atoms with Gasteiger partial charge in [0.05, 0.1) is 18.6 Å². The first-order valence-corrected chi connectivity index (χ1v) is 5.43. The molecule has 2 heteroatoms. The Balaban J connectivity index is 2.17. The van der Waals surface area contributed by atoms with Crippen LogP contribution in [0.15, 0.2) is 41.2 Å². The summed E-state index contributed by atoms with van der Waals surface area (Å²) in [6.07, 6.45) is 3.44. The van der Waals surface area contributed by atoms with Crippen molar-refractivity contribution in [3.05, 3.63) is 59.0 Å². The third kappa shape index (κ3) is 2.34. The molecule has 1 atom stereocenters. The largest absolute Gasteiger partial charge is 0.472 e. The Bertz CT molecular complexity index is 458. The first-order chi connectivity index (χ1) is 7.66. The zero-order valence-electron chi connectivity index (χ0n) is 9.60. The monoisotopic (exact) mass is 216 g/mol. The molecular formula is C14H16O2. The quantitative estimate of drug-likeness (QED) is 0.854. The van der Waals surface area contributed by atoms with Crippen LogP contribution in [0.25, 0.3) is 0 Å². The van der Waals surface area contributed by atoms with E-state index in [-0.39, 0.29) is 0 Å². The van der Waals surface area contributed by atoms with Gasteiger partial charge in [-0.05, 0) is 36.6 Å². The van der Waals surface area contributed by atoms with E-state index >= 15 is 0 Å². The summed E-state index contributed by atoms with van der Waals surface area (Å²) in [7, 11) is 0. The Labute approximate surface area is 95.5 Å². The van der Waals surface area contributed by atoms with Crippen molar-refractivity contribution in [1.82, 2.24) is 0 Å². The lowest BCUT2D eigenvalue weighted by molar-refractivity contribution is 0.177. The molecule has 1 aromatic carbocycles. The van der Waals surface area contributed by atoms with Crippen LogP contribution in [0.1, 0.15) is 28.4 Å². The normalized spacial score (nSPS) is 12.7. The maximum absolute atomic E-state index is 10.1. The van der Waals surface area contributed by atoms with Gasteiger partial charge in [0.25, 0.3) is 0 Å². The summed E-state index contributed by atoms with van der Waals surface area (Å²) in [5.41, 5.74) is 4.37. The average molecular weight is 216 g/mol. The van der Waals surface area contributed by atoms with Crippen molar-refractivity contribution in [2.45, 2.75) is 26.4 Å². The van der Waals surface area contributed by atoms with E-state index in [1.807, 2.05) is 25.1 Å². The number of hydrogen-bond acceptors (Lipinski definition) is 2. The topological polar surface area (TPSA) is 33.4 Å². The summed E-state index contributed by atoms with van der Waals surface area (Å²) in [5.74, 6) is 0. The molecule has 1 unspecified atom stereocenters. The third-order valence-electron chi connectivity index (χ3n) is 2.79. The molecule has 0 saturated heterocycles. The van der Waals surface area contributed by atoms with E-state index in [1.54, 1.807) is 12.5 Å². The van der Waals surface area contributed by atoms with Gasteiger partial charge in [-0.3, -0.25) is 0 Å². The van der Waals surface area contributed by atoms with Gasteiger partial charge in [-0.1, -0.05) is 23.8 Å². The van der Waals surface area contributed by atoms with Crippen molar-refractivity contribution in [3.8, 4) is 0 Å². The number of furan rings is 1. The highest BCUT2D eigenvalue weighted by Crippen LogP contribution is 2.22. The minimum Gasteiger partial charge on any atom is -0.472 e. The Hall–Kier alpha value is -1.54. The smallest absolute Gasteiger partial charge is 0.0935 e. The van der Waals surface area contributed by atoms with E-state index in [9.17, 15) is 5.11 Å². The van der Waals surface area contributed by atoms with E-state index in [4.69, 9.17) is 4.42 Å². The van der Waals surface area contributed by atoms with Gasteiger partial charge in [0, 0.05) is 6.42 Å². The van der Waals surface area contributed by atoms with Gasteiger partial charge >= 0.3 is 0 Å². The average Bonchev–Trinajstić information content (AvgIpc) is 2.70. The van der Waals surface area contributed by atoms with Gasteiger partial charge in [0.1, 0.15) is 0 Å². The van der Waals surface area contributed by atoms with E-state index in [0.29, 0.717) is 6.42 Å². The minimum atomic E-state index is -0.460. The van der Waals surface area contributed by atoms with Crippen LogP contribution < -0.4 is 0 Å². The zero-order valence-corrected chi connectivity index (χ0v) is 9.60. The van der Waals surface area contributed by atoms with Crippen molar-refractivity contribution in [1.29, 1.82) is 0 Å². The van der Waals surface area contributed by atoms with Gasteiger partial charge in [0.15, 0.2) is 0 Å². The molecule has 1 N–H and O–H groups in total. The Kier molecular flexibility index (Phi) is 3.11. The van der Waals surface area contributed by atoms with Crippen molar-refractivity contribution < 1.29 is 9.52 Å². The summed E-state index contributed by atoms with van der Waals surface area (Å²) in [6.45, 7) is 4.08. The molecule has 0 amide bonds. The number of aliphatic hydroxyl groups excluding tert-OH is 1. The van der Waals surface area contributed by atoms with Crippen LogP contribution in [0.3, 0.4) is 0 Å². The molecule has 0 bridgehead atoms. The first-order valence-electron chi connectivity index (χ1n) is 5.43. The SMILES string of the molecule is Cc1ccc(C(O)Cc2ccoc2)c(C)c1. The Morgan fingerprint density at radius 3 is 2.69 bits per heavy atom. The zero-order chi connectivity index (χ0) is 11.5. The van der Waals surface area contributed by atoms with E-state index in [2.05, 4.69) is 13.0 Å². The number of rotatable bonds is 3. The highest BCUT2D eigenvalue weighted by molar-refractivity contribution is 5.32. The lowest BCUT2D eigenvalue weighted by atomic mass is 9.97. The van der Waals surface area contributed by atoms with Crippen LogP contribution in [0.2, 0.25) is 0 Å². The first kappa shape index (κ1) is 11.0. The second kappa shape index (κ2) is 4.54. The maximum Gasteiger partial charge on any atom is 0.0935 e. The van der Waals surface area contributed by atoms with Crippen LogP contribution in [0.4, 0.5) is 0 Å². The fraction of sp³-hybridized carbons (Fsp3) is 0.286. The molecule has 1 heterocycles. The van der Waals surface area contributed by atoms with Crippen LogP contribution >= 0.6 is 0 Å². The third-order valence-corrected chi connectivity index (χ3v) is 2.79. The molecule has 2 nitrogen and oxygen atoms in total. The van der Waals surface area contributed by atoms with Crippen LogP contribution in [-0.4, -0.2) is 5.11 Å². The van der Waals surface area contributed by atoms with Crippen molar-refractivity contribution in [2.75, 3.05) is 0 Å². The van der Waals surface area contributed by atoms with Gasteiger partial charge in [0.2, 0.25) is 0 Å². The summed E-state index contributed by atoms with van der Waals surface area (Å²) in [5, 5.41) is 10.1. The molecule has 0 aliphatic rings. The molecule has 2 rings (SSSR count). The Morgan fingerprint density at radius 2 is 2.06 bits per heavy atom. The molecule has 0 fully saturated rings. The molecule has 16 heavy (non-hydrogen) atoms. The highest BCUT2D eigenvalue weighted by atomic mass is 16.3. The second-order valence-electron chi connectivity index (χ2n) is 4.21. The molecule has 0 saturated carbocycles. The number of aliphatic hydroxyl groups is 1. The molecule has 0 aliphatic carbocycles. The minimum absolute atomic E-state index is 0.460. The molecule has 84 valence electrons. The standard InChI is InChI=1S/C14H16O2/c1-10-3-4-13(11(2)7-10)14(15)8-12-5-6-16-9-12/h3-7,9,14-15H,8H2,1-2H3. The molecule has 1 aromatic heterocycles. The lowest BCUT2D eigenvalue weighted by Crippen LogP contribution is -2.03. The van der Waals surface area contributed by atoms with Crippen LogP contribution in [0, 0.1) is 13.8 Å². The number of hydrogen-bond donors (Lipinski definition) is 1. The van der Waals surface area contributed by atoms with Crippen molar-refractivity contribution >= 4 is 0 Å². The molecule has 0 spiro atoms. The van der Waals surface area contributed by atoms with Crippen molar-refractivity contribution in [2.24, 2.45) is 0 Å². The van der Waals surface area contributed by atoms with E-state index in [1.165, 1.54) is 5.56 Å². The summed E-state index contributed by atoms with van der Waals surface area (Å²) in [4.78, 5) is 0. The molecule has 2 aromatic rings. The van der Waals surface area contributed by atoms with Gasteiger partial charge in [-0.15, -0.1) is 0 Å². The summed E-state index contributed by atoms with van der Waals surface area (Å²) in [6, 6.07) is 8.00. The molecule has 0 aliphatic heterocycles. The van der Waals surface area contributed by atoms with Gasteiger partial charge in [-0.2, -0.15) is 0 Å². The predicted octanol–water partition coefficient (Wildman–Crippen LogP) is 3.17. The predicted molar refractivity (Wildman–Crippen MR) is 63.3 cm³/mol. The highest BCUT2D eigenvalue weighted by Gasteiger charge is 2.11. The summed E-state index contributed by atoms with van der Waals surface area (Å²) >= 11 is 0. The van der Waals surface area contributed by atoms with Crippen LogP contribution in [0.5, 0.6) is 0 Å².